The molecule has 2 aromatic rings. The molecule has 0 bridgehead atoms. The molecule has 0 spiro atoms. The van der Waals surface area contributed by atoms with E-state index in [1.807, 2.05) is 4.90 Å². The molecule has 0 saturated carbocycles. The number of hydrogen-bond donors (Lipinski definition) is 2. The summed E-state index contributed by atoms with van der Waals surface area (Å²) in [6.07, 6.45) is 6.56. The first-order chi connectivity index (χ1) is 22.7. The number of allylic oxidation sites excluding steroid dienone is 2. The molecular weight excluding hydrogens is 606 g/mol. The van der Waals surface area contributed by atoms with Gasteiger partial charge in [0.05, 0.1) is 18.3 Å². The van der Waals surface area contributed by atoms with Crippen LogP contribution in [0.25, 0.3) is 16.7 Å². The number of nitrogens with one attached hydrogen (secondary N) is 1. The van der Waals surface area contributed by atoms with E-state index in [-0.39, 0.29) is 49.2 Å². The molecule has 3 fully saturated rings. The number of amidine groups is 1. The van der Waals surface area contributed by atoms with E-state index in [2.05, 4.69) is 40.9 Å². The first-order valence-electron chi connectivity index (χ1n) is 16.8. The van der Waals surface area contributed by atoms with Crippen LogP contribution in [0.4, 0.5) is 19.3 Å². The van der Waals surface area contributed by atoms with Crippen molar-refractivity contribution in [2.45, 2.75) is 82.9 Å². The van der Waals surface area contributed by atoms with Crippen molar-refractivity contribution in [3.63, 3.8) is 0 Å². The number of aliphatic imine (C=N–C) groups is 1. The predicted molar refractivity (Wildman–Crippen MR) is 177 cm³/mol. The highest BCUT2D eigenvalue weighted by molar-refractivity contribution is 5.99. The number of rotatable bonds is 12. The lowest BCUT2D eigenvalue weighted by Gasteiger charge is -2.39. The number of amides is 3. The Labute approximate surface area is 274 Å². The van der Waals surface area contributed by atoms with Gasteiger partial charge in [-0.1, -0.05) is 37.3 Å². The van der Waals surface area contributed by atoms with Gasteiger partial charge in [0.25, 0.3) is 0 Å². The van der Waals surface area contributed by atoms with E-state index in [9.17, 15) is 18.4 Å². The molecule has 3 aliphatic heterocycles. The molecule has 1 aromatic carbocycles. The second-order valence-corrected chi connectivity index (χ2v) is 12.7. The fraction of sp³-hybridized carbons (Fsp3) is 0.514. The summed E-state index contributed by atoms with van der Waals surface area (Å²) in [6, 6.07) is 7.12. The van der Waals surface area contributed by atoms with Crippen molar-refractivity contribution in [1.82, 2.24) is 20.0 Å². The first kappa shape index (κ1) is 32.7. The van der Waals surface area contributed by atoms with E-state index in [4.69, 9.17) is 14.9 Å². The Morgan fingerprint density at radius 1 is 1.15 bits per heavy atom. The van der Waals surface area contributed by atoms with E-state index in [1.54, 1.807) is 29.2 Å². The lowest BCUT2D eigenvalue weighted by Crippen LogP contribution is -2.50. The second kappa shape index (κ2) is 13.9. The van der Waals surface area contributed by atoms with E-state index in [1.165, 1.54) is 5.57 Å². The molecule has 1 aromatic heterocycles. The number of carbonyl (C=O) groups excluding carboxylic acids is 2. The van der Waals surface area contributed by atoms with Crippen LogP contribution in [0, 0.1) is 0 Å². The van der Waals surface area contributed by atoms with Gasteiger partial charge in [0.2, 0.25) is 11.7 Å². The van der Waals surface area contributed by atoms with Gasteiger partial charge in [-0.05, 0) is 69.6 Å². The number of alkyl halides is 2. The van der Waals surface area contributed by atoms with Crippen molar-refractivity contribution >= 4 is 40.1 Å². The number of halogens is 2. The molecule has 3 amide bonds. The number of hydrogen-bond acceptors (Lipinski definition) is 6. The highest BCUT2D eigenvalue weighted by Crippen LogP contribution is 2.39. The molecule has 252 valence electrons. The molecule has 1 aliphatic carbocycles. The van der Waals surface area contributed by atoms with Crippen molar-refractivity contribution in [1.29, 1.82) is 0 Å². The molecule has 1 unspecified atom stereocenters. The van der Waals surface area contributed by atoms with E-state index in [0.717, 1.165) is 44.5 Å². The smallest absolute Gasteiger partial charge is 0.415 e. The summed E-state index contributed by atoms with van der Waals surface area (Å²) >= 11 is 0. The Bertz CT molecular complexity index is 1600. The highest BCUT2D eigenvalue weighted by atomic mass is 19.3. The number of unbranched alkanes of at least 4 members (excludes halogenated alkanes) is 1. The van der Waals surface area contributed by atoms with Gasteiger partial charge in [-0.15, -0.1) is 0 Å². The number of ether oxygens (including phenoxy) is 1. The van der Waals surface area contributed by atoms with Gasteiger partial charge in [-0.25, -0.2) is 9.79 Å². The molecule has 10 nitrogen and oxygen atoms in total. The Hall–Kier alpha value is -4.19. The summed E-state index contributed by atoms with van der Waals surface area (Å²) in [5, 5.41) is 3.59. The zero-order chi connectivity index (χ0) is 33.1. The topological polar surface area (TPSA) is 117 Å². The predicted octanol–water partition coefficient (Wildman–Crippen LogP) is 6.28. The summed E-state index contributed by atoms with van der Waals surface area (Å²) in [6.45, 7) is 8.70. The van der Waals surface area contributed by atoms with Gasteiger partial charge in [0.1, 0.15) is 11.3 Å². The number of piperidine rings is 1. The third-order valence-corrected chi connectivity index (χ3v) is 9.66. The maximum Gasteiger partial charge on any atom is 0.415 e. The monoisotopic (exact) mass is 650 g/mol. The van der Waals surface area contributed by atoms with Gasteiger partial charge in [0, 0.05) is 49.7 Å². The summed E-state index contributed by atoms with van der Waals surface area (Å²) < 4.78 is 40.9. The Kier molecular flexibility index (Phi) is 9.67. The summed E-state index contributed by atoms with van der Waals surface area (Å²) in [4.78, 5) is 35.6. The third-order valence-electron chi connectivity index (χ3n) is 9.66. The maximum atomic E-state index is 15.0. The second-order valence-electron chi connectivity index (χ2n) is 12.7. The van der Waals surface area contributed by atoms with Crippen molar-refractivity contribution < 1.29 is 27.5 Å². The molecule has 3 N–H and O–H groups in total. The number of para-hydroxylation sites is 1. The summed E-state index contributed by atoms with van der Waals surface area (Å²) in [5.74, 6) is -0.673. The van der Waals surface area contributed by atoms with Crippen LogP contribution in [0.1, 0.15) is 70.5 Å². The summed E-state index contributed by atoms with van der Waals surface area (Å²) in [7, 11) is 0. The van der Waals surface area contributed by atoms with Crippen molar-refractivity contribution in [2.75, 3.05) is 32.8 Å². The van der Waals surface area contributed by atoms with Gasteiger partial charge in [-0.3, -0.25) is 4.79 Å². The van der Waals surface area contributed by atoms with E-state index < -0.39 is 11.9 Å². The minimum absolute atomic E-state index is 0.0199. The van der Waals surface area contributed by atoms with Crippen LogP contribution in [0.15, 0.2) is 63.7 Å². The molecule has 6 rings (SSSR count). The molecular formula is C35H44F2N6O4. The van der Waals surface area contributed by atoms with Crippen LogP contribution in [0.5, 0.6) is 0 Å². The Morgan fingerprint density at radius 3 is 2.64 bits per heavy atom. The van der Waals surface area contributed by atoms with Crippen LogP contribution >= 0.6 is 0 Å². The fourth-order valence-corrected chi connectivity index (χ4v) is 6.98. The lowest BCUT2D eigenvalue weighted by atomic mass is 9.95. The van der Waals surface area contributed by atoms with E-state index in [0.29, 0.717) is 54.8 Å². The standard InChI is InChI=1S/C35H44F2N6O4/c1-3-24-13-14-28-27(22-24)39-34(45)43(28)25-15-19-42(20-16-25)30(44)12-6-9-21-46-35(36,37)33(38)40-31-26-10-4-5-11-29(26)47-32(31)23(2)41-17-7-8-18-41/h4-5,10-11,13,22,25,28H,2-3,6-9,12,14-21H2,1H3,(H2,38,40)(H,39,45). The van der Waals surface area contributed by atoms with Crippen LogP contribution in [-0.4, -0.2) is 83.5 Å². The molecule has 12 heteroatoms. The first-order valence-corrected chi connectivity index (χ1v) is 16.8. The molecule has 0 radical (unpaired) electrons. The molecule has 1 atom stereocenters. The third kappa shape index (κ3) is 6.93. The number of fused-ring (bicyclic) bond motifs is 2. The van der Waals surface area contributed by atoms with Crippen molar-refractivity contribution in [2.24, 2.45) is 10.7 Å². The molecule has 4 aliphatic rings. The Morgan fingerprint density at radius 2 is 1.89 bits per heavy atom. The molecule has 47 heavy (non-hydrogen) atoms. The number of nitrogens with zero attached hydrogens (tertiary/aromatic N) is 4. The highest BCUT2D eigenvalue weighted by Gasteiger charge is 2.41. The van der Waals surface area contributed by atoms with Crippen LogP contribution < -0.4 is 11.1 Å². The minimum Gasteiger partial charge on any atom is -0.452 e. The number of urea groups is 1. The maximum absolute atomic E-state index is 15.0. The SMILES string of the molecule is C=C(c1oc2ccccc2c1N=C(N)C(F)(F)OCCCCC(=O)N1CCC(N2C(=O)NC3=CC(CC)=CCC32)CC1)N1CCCC1. The number of likely N-dealkylation sites (tertiary alicyclic amines) is 2. The average molecular weight is 651 g/mol. The zero-order valence-electron chi connectivity index (χ0n) is 27.0. The van der Waals surface area contributed by atoms with Crippen LogP contribution in [0.3, 0.4) is 0 Å². The van der Waals surface area contributed by atoms with Gasteiger partial charge >= 0.3 is 12.1 Å². The van der Waals surface area contributed by atoms with Crippen molar-refractivity contribution in [3.8, 4) is 0 Å². The quantitative estimate of drug-likeness (QED) is 0.159. The number of nitrogens with two attached hydrogens (primary N) is 1. The average Bonchev–Trinajstić information content (AvgIpc) is 3.81. The van der Waals surface area contributed by atoms with Gasteiger partial charge < -0.3 is 34.9 Å². The Balaban J connectivity index is 0.970. The van der Waals surface area contributed by atoms with Gasteiger partial charge in [-0.2, -0.15) is 8.78 Å². The van der Waals surface area contributed by atoms with E-state index >= 15 is 0 Å². The fourth-order valence-electron chi connectivity index (χ4n) is 6.98. The number of benzene rings is 1. The number of carbonyl (C=O) groups is 2. The van der Waals surface area contributed by atoms with Crippen LogP contribution in [-0.2, 0) is 9.53 Å². The summed E-state index contributed by atoms with van der Waals surface area (Å²) in [5.41, 5.74) is 9.33. The van der Waals surface area contributed by atoms with Gasteiger partial charge in [0.15, 0.2) is 5.76 Å². The minimum atomic E-state index is -3.81. The largest absolute Gasteiger partial charge is 0.452 e. The molecule has 3 saturated heterocycles. The van der Waals surface area contributed by atoms with Crippen LogP contribution in [0.2, 0.25) is 0 Å². The van der Waals surface area contributed by atoms with Crippen molar-refractivity contribution in [3.05, 3.63) is 60.0 Å². The zero-order valence-corrected chi connectivity index (χ0v) is 27.0. The number of furan rings is 1. The lowest BCUT2D eigenvalue weighted by molar-refractivity contribution is -0.184. The molecule has 4 heterocycles. The normalized spacial score (nSPS) is 20.8.